The van der Waals surface area contributed by atoms with E-state index in [0.29, 0.717) is 18.0 Å². The minimum Gasteiger partial charge on any atom is -0.376 e. The molecule has 4 rings (SSSR count). The van der Waals surface area contributed by atoms with E-state index >= 15 is 0 Å². The Morgan fingerprint density at radius 2 is 2.09 bits per heavy atom. The Balaban J connectivity index is 1.56. The molecule has 1 aromatic carbocycles. The maximum absolute atomic E-state index is 12.6. The Bertz CT molecular complexity index is 686. The third kappa shape index (κ3) is 3.01. The second-order valence-corrected chi connectivity index (χ2v) is 6.31. The van der Waals surface area contributed by atoms with Crippen LogP contribution < -0.4 is 5.32 Å². The predicted molar refractivity (Wildman–Crippen MR) is 86.8 cm³/mol. The molecule has 0 unspecified atom stereocenters. The smallest absolute Gasteiger partial charge is 0.254 e. The zero-order chi connectivity index (χ0) is 15.6. The lowest BCUT2D eigenvalue weighted by Crippen LogP contribution is -2.32. The molecule has 23 heavy (non-hydrogen) atoms. The number of aromatic nitrogens is 2. The molecule has 2 aliphatic rings. The van der Waals surface area contributed by atoms with Gasteiger partial charge in [-0.2, -0.15) is 5.10 Å². The number of carbonyl (C=O) groups excluding carboxylic acids is 1. The molecule has 2 heterocycles. The van der Waals surface area contributed by atoms with Crippen LogP contribution in [0.1, 0.15) is 47.7 Å². The van der Waals surface area contributed by atoms with E-state index in [9.17, 15) is 4.79 Å². The van der Waals surface area contributed by atoms with Crippen molar-refractivity contribution >= 4 is 5.91 Å². The van der Waals surface area contributed by atoms with Crippen LogP contribution in [-0.2, 0) is 4.74 Å². The molecule has 1 saturated carbocycles. The van der Waals surface area contributed by atoms with E-state index < -0.39 is 0 Å². The van der Waals surface area contributed by atoms with Crippen LogP contribution >= 0.6 is 0 Å². The van der Waals surface area contributed by atoms with Gasteiger partial charge in [-0.3, -0.25) is 4.79 Å². The summed E-state index contributed by atoms with van der Waals surface area (Å²) in [6.45, 7) is 1.39. The van der Waals surface area contributed by atoms with Gasteiger partial charge in [0.1, 0.15) is 0 Å². The number of hydrogen-bond donors (Lipinski definition) is 1. The van der Waals surface area contributed by atoms with Gasteiger partial charge < -0.3 is 10.1 Å². The van der Waals surface area contributed by atoms with Gasteiger partial charge in [-0.15, -0.1) is 0 Å². The standard InChI is InChI=1S/C18H21N3O2/c22-18(19-11-15-7-4-10-23-15)16-12-20-21(17(16)13-8-9-13)14-5-2-1-3-6-14/h1-3,5-6,12-13,15H,4,7-11H2,(H,19,22)/t15-/m0/s1. The summed E-state index contributed by atoms with van der Waals surface area (Å²) in [5, 5.41) is 7.48. The van der Waals surface area contributed by atoms with Crippen molar-refractivity contribution in [2.45, 2.75) is 37.7 Å². The molecule has 1 N–H and O–H groups in total. The first kappa shape index (κ1) is 14.5. The van der Waals surface area contributed by atoms with Crippen molar-refractivity contribution in [2.24, 2.45) is 0 Å². The normalized spacial score (nSPS) is 20.6. The molecule has 0 radical (unpaired) electrons. The van der Waals surface area contributed by atoms with Crippen molar-refractivity contribution in [3.8, 4) is 5.69 Å². The topological polar surface area (TPSA) is 56.1 Å². The van der Waals surface area contributed by atoms with Crippen molar-refractivity contribution in [2.75, 3.05) is 13.2 Å². The number of carbonyl (C=O) groups is 1. The second-order valence-electron chi connectivity index (χ2n) is 6.31. The highest BCUT2D eigenvalue weighted by Gasteiger charge is 2.33. The fourth-order valence-electron chi connectivity index (χ4n) is 3.16. The summed E-state index contributed by atoms with van der Waals surface area (Å²) >= 11 is 0. The largest absolute Gasteiger partial charge is 0.376 e. The first-order chi connectivity index (χ1) is 11.3. The summed E-state index contributed by atoms with van der Waals surface area (Å²) < 4.78 is 7.48. The minimum atomic E-state index is -0.0374. The van der Waals surface area contributed by atoms with Crippen molar-refractivity contribution < 1.29 is 9.53 Å². The Labute approximate surface area is 135 Å². The summed E-state index contributed by atoms with van der Waals surface area (Å²) in [4.78, 5) is 12.6. The van der Waals surface area contributed by atoms with E-state index in [-0.39, 0.29) is 12.0 Å². The summed E-state index contributed by atoms with van der Waals surface area (Å²) in [5.41, 5.74) is 2.75. The molecule has 1 amide bonds. The van der Waals surface area contributed by atoms with Gasteiger partial charge in [0.25, 0.3) is 5.91 Å². The molecule has 1 atom stereocenters. The monoisotopic (exact) mass is 311 g/mol. The van der Waals surface area contributed by atoms with E-state index in [1.54, 1.807) is 6.20 Å². The van der Waals surface area contributed by atoms with Gasteiger partial charge in [0, 0.05) is 19.1 Å². The summed E-state index contributed by atoms with van der Waals surface area (Å²) in [5.74, 6) is 0.408. The number of ether oxygens (including phenoxy) is 1. The van der Waals surface area contributed by atoms with Gasteiger partial charge in [0.2, 0.25) is 0 Å². The maximum atomic E-state index is 12.6. The number of rotatable bonds is 5. The van der Waals surface area contributed by atoms with Crippen LogP contribution in [0.2, 0.25) is 0 Å². The van der Waals surface area contributed by atoms with E-state index in [4.69, 9.17) is 4.74 Å². The minimum absolute atomic E-state index is 0.0374. The Hall–Kier alpha value is -2.14. The molecule has 1 aromatic heterocycles. The SMILES string of the molecule is O=C(NC[C@@H]1CCCO1)c1cnn(-c2ccccc2)c1C1CC1. The maximum Gasteiger partial charge on any atom is 0.254 e. The summed E-state index contributed by atoms with van der Waals surface area (Å²) in [6.07, 6.45) is 6.23. The van der Waals surface area contributed by atoms with Gasteiger partial charge in [0.15, 0.2) is 0 Å². The highest BCUT2D eigenvalue weighted by molar-refractivity contribution is 5.95. The fourth-order valence-corrected chi connectivity index (χ4v) is 3.16. The van der Waals surface area contributed by atoms with Gasteiger partial charge in [-0.05, 0) is 37.8 Å². The molecule has 5 heteroatoms. The van der Waals surface area contributed by atoms with Gasteiger partial charge in [0.05, 0.1) is 29.2 Å². The van der Waals surface area contributed by atoms with Crippen LogP contribution in [0.4, 0.5) is 0 Å². The molecular formula is C18H21N3O2. The first-order valence-corrected chi connectivity index (χ1v) is 8.36. The van der Waals surface area contributed by atoms with Crippen molar-refractivity contribution in [3.63, 3.8) is 0 Å². The predicted octanol–water partition coefficient (Wildman–Crippen LogP) is 2.66. The molecule has 0 spiro atoms. The number of hydrogen-bond acceptors (Lipinski definition) is 3. The third-order valence-electron chi connectivity index (χ3n) is 4.53. The molecule has 1 saturated heterocycles. The van der Waals surface area contributed by atoms with Crippen molar-refractivity contribution in [1.29, 1.82) is 0 Å². The second kappa shape index (κ2) is 6.16. The number of amides is 1. The van der Waals surface area contributed by atoms with E-state index in [0.717, 1.165) is 43.7 Å². The summed E-state index contributed by atoms with van der Waals surface area (Å²) in [7, 11) is 0. The highest BCUT2D eigenvalue weighted by Crippen LogP contribution is 2.42. The molecule has 2 fully saturated rings. The van der Waals surface area contributed by atoms with Crippen LogP contribution in [0.3, 0.4) is 0 Å². The Kier molecular flexibility index (Phi) is 3.87. The molecule has 0 bridgehead atoms. The molecule has 2 aromatic rings. The number of nitrogens with zero attached hydrogens (tertiary/aromatic N) is 2. The summed E-state index contributed by atoms with van der Waals surface area (Å²) in [6, 6.07) is 10.0. The van der Waals surface area contributed by atoms with E-state index in [1.165, 1.54) is 0 Å². The van der Waals surface area contributed by atoms with Crippen LogP contribution in [0, 0.1) is 0 Å². The lowest BCUT2D eigenvalue weighted by Gasteiger charge is -2.12. The third-order valence-corrected chi connectivity index (χ3v) is 4.53. The van der Waals surface area contributed by atoms with Crippen LogP contribution in [0.15, 0.2) is 36.5 Å². The van der Waals surface area contributed by atoms with Crippen LogP contribution in [0.5, 0.6) is 0 Å². The lowest BCUT2D eigenvalue weighted by molar-refractivity contribution is 0.0857. The number of benzene rings is 1. The van der Waals surface area contributed by atoms with Gasteiger partial charge >= 0.3 is 0 Å². The van der Waals surface area contributed by atoms with Crippen LogP contribution in [-0.4, -0.2) is 34.9 Å². The number of nitrogens with one attached hydrogen (secondary N) is 1. The fraction of sp³-hybridized carbons (Fsp3) is 0.444. The molecule has 1 aliphatic carbocycles. The van der Waals surface area contributed by atoms with Crippen LogP contribution in [0.25, 0.3) is 5.69 Å². The molecule has 120 valence electrons. The Morgan fingerprint density at radius 3 is 2.78 bits per heavy atom. The zero-order valence-corrected chi connectivity index (χ0v) is 13.1. The molecule has 5 nitrogen and oxygen atoms in total. The van der Waals surface area contributed by atoms with E-state index in [2.05, 4.69) is 10.4 Å². The quantitative estimate of drug-likeness (QED) is 0.923. The van der Waals surface area contributed by atoms with Crippen molar-refractivity contribution in [1.82, 2.24) is 15.1 Å². The average Bonchev–Trinajstić information content (AvgIpc) is 3.12. The zero-order valence-electron chi connectivity index (χ0n) is 13.1. The Morgan fingerprint density at radius 1 is 1.26 bits per heavy atom. The lowest BCUT2D eigenvalue weighted by atomic mass is 10.1. The molecule has 1 aliphatic heterocycles. The average molecular weight is 311 g/mol. The van der Waals surface area contributed by atoms with Gasteiger partial charge in [-0.1, -0.05) is 18.2 Å². The highest BCUT2D eigenvalue weighted by atomic mass is 16.5. The van der Waals surface area contributed by atoms with E-state index in [1.807, 2.05) is 35.0 Å². The first-order valence-electron chi connectivity index (χ1n) is 8.36. The number of para-hydroxylation sites is 1. The van der Waals surface area contributed by atoms with Gasteiger partial charge in [-0.25, -0.2) is 4.68 Å². The molecular weight excluding hydrogens is 290 g/mol. The van der Waals surface area contributed by atoms with Crippen molar-refractivity contribution in [3.05, 3.63) is 47.8 Å².